The Kier molecular flexibility index (Phi) is 7.56. The van der Waals surface area contributed by atoms with Crippen molar-refractivity contribution in [2.75, 3.05) is 37.0 Å². The highest BCUT2D eigenvalue weighted by Crippen LogP contribution is 2.37. The molecule has 1 aliphatic carbocycles. The number of nitrogens with one attached hydrogen (secondary N) is 1. The molecular formula is C30H30ClN9O2. The van der Waals surface area contributed by atoms with E-state index in [-0.39, 0.29) is 29.7 Å². The molecule has 3 heterocycles. The van der Waals surface area contributed by atoms with Crippen molar-refractivity contribution in [2.24, 2.45) is 0 Å². The van der Waals surface area contributed by atoms with Crippen molar-refractivity contribution in [3.05, 3.63) is 70.0 Å². The zero-order chi connectivity index (χ0) is 29.4. The first-order valence-electron chi connectivity index (χ1n) is 13.8. The van der Waals surface area contributed by atoms with E-state index >= 15 is 0 Å². The van der Waals surface area contributed by atoms with Crippen molar-refractivity contribution in [1.29, 1.82) is 10.5 Å². The standard InChI is InChI=1S/C30H30ClN9O2/c1-18(14-38-16-23(41)17-38)25-9-20(11-32)10-26(27(25)31)35-30-36-29(28-34-13-22(12-33)40(28)37-30)39(21-5-6-21)15-19-3-7-24(42-2)8-4-19/h3-4,7-10,13,18,21,23,41H,5-6,14-17H2,1-2H3,(H,35,37). The van der Waals surface area contributed by atoms with Gasteiger partial charge in [-0.2, -0.15) is 20.0 Å². The number of anilines is 3. The first kappa shape index (κ1) is 27.7. The number of aliphatic hydroxyl groups excluding tert-OH is 1. The summed E-state index contributed by atoms with van der Waals surface area (Å²) in [4.78, 5) is 13.7. The smallest absolute Gasteiger partial charge is 0.247 e. The fourth-order valence-electron chi connectivity index (χ4n) is 5.34. The van der Waals surface area contributed by atoms with E-state index in [1.54, 1.807) is 19.2 Å². The zero-order valence-electron chi connectivity index (χ0n) is 23.3. The molecule has 0 bridgehead atoms. The Balaban J connectivity index is 1.37. The maximum Gasteiger partial charge on any atom is 0.247 e. The number of nitrogens with zero attached hydrogens (tertiary/aromatic N) is 8. The minimum absolute atomic E-state index is 0.0199. The normalized spacial score (nSPS) is 16.0. The Morgan fingerprint density at radius 2 is 1.95 bits per heavy atom. The number of benzene rings is 2. The molecule has 0 radical (unpaired) electrons. The summed E-state index contributed by atoms with van der Waals surface area (Å²) >= 11 is 6.92. The van der Waals surface area contributed by atoms with E-state index in [1.807, 2.05) is 24.3 Å². The van der Waals surface area contributed by atoms with Crippen LogP contribution >= 0.6 is 11.6 Å². The molecule has 42 heavy (non-hydrogen) atoms. The molecule has 1 unspecified atom stereocenters. The van der Waals surface area contributed by atoms with Crippen LogP contribution in [-0.4, -0.2) is 68.5 Å². The highest BCUT2D eigenvalue weighted by Gasteiger charge is 2.33. The number of β-amino-alcohol motifs (C(OH)–C–C–N with tert-alkyl or cyclic N) is 1. The number of aromatic nitrogens is 4. The van der Waals surface area contributed by atoms with Crippen LogP contribution in [0.15, 0.2) is 42.6 Å². The molecule has 4 aromatic rings. The molecule has 2 fully saturated rings. The summed E-state index contributed by atoms with van der Waals surface area (Å²) in [5.41, 5.74) is 3.62. The van der Waals surface area contributed by atoms with Crippen LogP contribution in [0.2, 0.25) is 5.02 Å². The summed E-state index contributed by atoms with van der Waals surface area (Å²) in [7, 11) is 1.64. The number of likely N-dealkylation sites (tertiary alicyclic amines) is 1. The van der Waals surface area contributed by atoms with Gasteiger partial charge in [0.15, 0.2) is 17.2 Å². The summed E-state index contributed by atoms with van der Waals surface area (Å²) < 4.78 is 6.81. The fraction of sp³-hybridized carbons (Fsp3) is 0.367. The van der Waals surface area contributed by atoms with Crippen LogP contribution < -0.4 is 15.0 Å². The molecule has 2 aliphatic rings. The number of imidazole rings is 1. The average Bonchev–Trinajstić information content (AvgIpc) is 3.74. The first-order valence-corrected chi connectivity index (χ1v) is 14.2. The molecule has 6 rings (SSSR count). The number of aliphatic hydroxyl groups is 1. The highest BCUT2D eigenvalue weighted by molar-refractivity contribution is 6.34. The lowest BCUT2D eigenvalue weighted by Crippen LogP contribution is -2.51. The second-order valence-electron chi connectivity index (χ2n) is 10.9. The first-order chi connectivity index (χ1) is 20.4. The molecule has 1 saturated carbocycles. The molecule has 2 aromatic carbocycles. The molecule has 12 heteroatoms. The Hall–Kier alpha value is -4.42. The predicted molar refractivity (Wildman–Crippen MR) is 158 cm³/mol. The maximum absolute atomic E-state index is 9.78. The molecule has 11 nitrogen and oxygen atoms in total. The number of hydrogen-bond acceptors (Lipinski definition) is 10. The van der Waals surface area contributed by atoms with Crippen molar-refractivity contribution in [3.63, 3.8) is 0 Å². The third-order valence-electron chi connectivity index (χ3n) is 7.71. The summed E-state index contributed by atoms with van der Waals surface area (Å²) in [6, 6.07) is 16.0. The second-order valence-corrected chi connectivity index (χ2v) is 11.3. The molecule has 0 spiro atoms. The van der Waals surface area contributed by atoms with Crippen LogP contribution in [0.3, 0.4) is 0 Å². The molecule has 2 aromatic heterocycles. The summed E-state index contributed by atoms with van der Waals surface area (Å²) in [6.45, 7) is 4.60. The van der Waals surface area contributed by atoms with Gasteiger partial charge in [0.2, 0.25) is 5.95 Å². The van der Waals surface area contributed by atoms with Gasteiger partial charge < -0.3 is 20.1 Å². The van der Waals surface area contributed by atoms with Crippen molar-refractivity contribution in [1.82, 2.24) is 24.5 Å². The monoisotopic (exact) mass is 583 g/mol. The lowest BCUT2D eigenvalue weighted by Gasteiger charge is -2.37. The Morgan fingerprint density at radius 3 is 2.60 bits per heavy atom. The van der Waals surface area contributed by atoms with Crippen LogP contribution in [0.4, 0.5) is 17.5 Å². The third kappa shape index (κ3) is 5.55. The lowest BCUT2D eigenvalue weighted by molar-refractivity contribution is -0.000315. The molecule has 0 amide bonds. The highest BCUT2D eigenvalue weighted by atomic mass is 35.5. The van der Waals surface area contributed by atoms with Gasteiger partial charge in [-0.05, 0) is 54.2 Å². The van der Waals surface area contributed by atoms with Gasteiger partial charge in [-0.3, -0.25) is 4.90 Å². The summed E-state index contributed by atoms with van der Waals surface area (Å²) in [5, 5.41) is 37.5. The van der Waals surface area contributed by atoms with Crippen LogP contribution in [0.5, 0.6) is 5.75 Å². The minimum atomic E-state index is -0.294. The van der Waals surface area contributed by atoms with Crippen LogP contribution in [0.25, 0.3) is 5.65 Å². The minimum Gasteiger partial charge on any atom is -0.497 e. The zero-order valence-corrected chi connectivity index (χ0v) is 24.1. The number of rotatable bonds is 10. The van der Waals surface area contributed by atoms with Crippen LogP contribution in [0.1, 0.15) is 48.1 Å². The van der Waals surface area contributed by atoms with E-state index in [0.717, 1.165) is 29.7 Å². The van der Waals surface area contributed by atoms with Gasteiger partial charge in [0.25, 0.3) is 0 Å². The lowest BCUT2D eigenvalue weighted by atomic mass is 9.96. The van der Waals surface area contributed by atoms with E-state index in [2.05, 4.69) is 44.3 Å². The van der Waals surface area contributed by atoms with Gasteiger partial charge in [0.1, 0.15) is 11.8 Å². The van der Waals surface area contributed by atoms with E-state index in [9.17, 15) is 15.6 Å². The molecule has 2 N–H and O–H groups in total. The second kappa shape index (κ2) is 11.5. The Bertz CT molecular complexity index is 1700. The number of hydrogen-bond donors (Lipinski definition) is 2. The van der Waals surface area contributed by atoms with Crippen LogP contribution in [-0.2, 0) is 6.54 Å². The van der Waals surface area contributed by atoms with E-state index in [4.69, 9.17) is 21.3 Å². The predicted octanol–water partition coefficient (Wildman–Crippen LogP) is 4.22. The molecule has 1 atom stereocenters. The van der Waals surface area contributed by atoms with E-state index in [1.165, 1.54) is 10.7 Å². The van der Waals surface area contributed by atoms with Crippen molar-refractivity contribution < 1.29 is 9.84 Å². The summed E-state index contributed by atoms with van der Waals surface area (Å²) in [6.07, 6.45) is 3.24. The quantitative estimate of drug-likeness (QED) is 0.279. The van der Waals surface area contributed by atoms with Gasteiger partial charge >= 0.3 is 0 Å². The van der Waals surface area contributed by atoms with Gasteiger partial charge in [-0.1, -0.05) is 30.7 Å². The van der Waals surface area contributed by atoms with Crippen molar-refractivity contribution in [2.45, 2.75) is 44.4 Å². The largest absolute Gasteiger partial charge is 0.497 e. The fourth-order valence-corrected chi connectivity index (χ4v) is 5.68. The molecule has 214 valence electrons. The Morgan fingerprint density at radius 1 is 1.19 bits per heavy atom. The molecular weight excluding hydrogens is 554 g/mol. The molecule has 1 aliphatic heterocycles. The van der Waals surface area contributed by atoms with E-state index in [0.29, 0.717) is 53.9 Å². The number of ether oxygens (including phenoxy) is 1. The van der Waals surface area contributed by atoms with Gasteiger partial charge in [0.05, 0.1) is 41.8 Å². The van der Waals surface area contributed by atoms with Crippen molar-refractivity contribution in [3.8, 4) is 17.9 Å². The average molecular weight is 584 g/mol. The summed E-state index contributed by atoms with van der Waals surface area (Å²) in [5.74, 6) is 1.64. The van der Waals surface area contributed by atoms with Crippen LogP contribution in [0, 0.1) is 22.7 Å². The number of halogens is 1. The SMILES string of the molecule is COc1ccc(CN(c2nc(Nc3cc(C#N)cc(C(C)CN4CC(O)C4)c3Cl)nn3c(C#N)cnc23)C2CC2)cc1. The maximum atomic E-state index is 9.78. The Labute approximate surface area is 248 Å². The number of methoxy groups -OCH3 is 1. The van der Waals surface area contributed by atoms with Gasteiger partial charge in [-0.15, -0.1) is 5.10 Å². The van der Waals surface area contributed by atoms with Gasteiger partial charge in [-0.25, -0.2) is 4.98 Å². The van der Waals surface area contributed by atoms with E-state index < -0.39 is 0 Å². The number of fused-ring (bicyclic) bond motifs is 1. The number of nitriles is 2. The van der Waals surface area contributed by atoms with Crippen molar-refractivity contribution >= 4 is 34.7 Å². The van der Waals surface area contributed by atoms with Gasteiger partial charge in [0, 0.05) is 32.2 Å². The molecule has 1 saturated heterocycles. The topological polar surface area (TPSA) is 139 Å². The third-order valence-corrected chi connectivity index (χ3v) is 8.13.